The standard InChI is InChI=1S/C23H20FN3O/c24-19-3-1-2-17(12-19)21-15-28-22-13-18(14-26-23(21)22)16-4-6-20(7-5-16)27-10-8-25-9-11-27/h1-7,12-15,25H,8-11H2. The predicted octanol–water partition coefficient (Wildman–Crippen LogP) is 4.71. The van der Waals surface area contributed by atoms with Crippen molar-refractivity contribution < 1.29 is 8.81 Å². The Labute approximate surface area is 162 Å². The van der Waals surface area contributed by atoms with Crippen molar-refractivity contribution in [3.8, 4) is 22.3 Å². The summed E-state index contributed by atoms with van der Waals surface area (Å²) in [5.74, 6) is -0.270. The molecule has 1 saturated heterocycles. The Morgan fingerprint density at radius 2 is 1.75 bits per heavy atom. The van der Waals surface area contributed by atoms with Crippen molar-refractivity contribution in [3.63, 3.8) is 0 Å². The topological polar surface area (TPSA) is 41.3 Å². The maximum Gasteiger partial charge on any atom is 0.153 e. The largest absolute Gasteiger partial charge is 0.462 e. The van der Waals surface area contributed by atoms with Crippen LogP contribution in [0.25, 0.3) is 33.4 Å². The van der Waals surface area contributed by atoms with Crippen molar-refractivity contribution in [3.05, 3.63) is 72.9 Å². The molecule has 0 spiro atoms. The summed E-state index contributed by atoms with van der Waals surface area (Å²) in [5.41, 5.74) is 6.34. The van der Waals surface area contributed by atoms with Crippen molar-refractivity contribution in [2.75, 3.05) is 31.1 Å². The third-order valence-electron chi connectivity index (χ3n) is 5.23. The number of benzene rings is 2. The molecule has 3 heterocycles. The van der Waals surface area contributed by atoms with Crippen LogP contribution >= 0.6 is 0 Å². The van der Waals surface area contributed by atoms with E-state index in [1.54, 1.807) is 12.3 Å². The van der Waals surface area contributed by atoms with Gasteiger partial charge in [-0.1, -0.05) is 24.3 Å². The number of nitrogens with one attached hydrogen (secondary N) is 1. The Balaban J connectivity index is 1.45. The molecule has 0 saturated carbocycles. The summed E-state index contributed by atoms with van der Waals surface area (Å²) in [6.07, 6.45) is 3.49. The van der Waals surface area contributed by atoms with Crippen LogP contribution in [0, 0.1) is 5.82 Å². The second kappa shape index (κ2) is 7.09. The van der Waals surface area contributed by atoms with Crippen LogP contribution in [0.1, 0.15) is 0 Å². The average Bonchev–Trinajstić information content (AvgIpc) is 3.18. The third-order valence-corrected chi connectivity index (χ3v) is 5.23. The molecule has 0 atom stereocenters. The first-order chi connectivity index (χ1) is 13.8. The molecule has 140 valence electrons. The molecule has 1 aliphatic heterocycles. The number of hydrogen-bond acceptors (Lipinski definition) is 4. The summed E-state index contributed by atoms with van der Waals surface area (Å²) in [6.45, 7) is 4.10. The van der Waals surface area contributed by atoms with E-state index < -0.39 is 0 Å². The number of rotatable bonds is 3. The molecule has 0 aliphatic carbocycles. The van der Waals surface area contributed by atoms with E-state index in [1.165, 1.54) is 17.8 Å². The van der Waals surface area contributed by atoms with E-state index in [-0.39, 0.29) is 5.82 Å². The highest BCUT2D eigenvalue weighted by Gasteiger charge is 2.13. The van der Waals surface area contributed by atoms with Crippen molar-refractivity contribution in [1.29, 1.82) is 0 Å². The van der Waals surface area contributed by atoms with Crippen LogP contribution in [0.15, 0.2) is 71.5 Å². The van der Waals surface area contributed by atoms with Gasteiger partial charge in [-0.05, 0) is 41.5 Å². The number of pyridine rings is 1. The number of fused-ring (bicyclic) bond motifs is 1. The van der Waals surface area contributed by atoms with Gasteiger partial charge in [0.1, 0.15) is 17.6 Å². The molecule has 0 radical (unpaired) electrons. The minimum atomic E-state index is -0.270. The lowest BCUT2D eigenvalue weighted by Crippen LogP contribution is -2.43. The molecular formula is C23H20FN3O. The Bertz CT molecular complexity index is 1110. The highest BCUT2D eigenvalue weighted by Crippen LogP contribution is 2.32. The van der Waals surface area contributed by atoms with Crippen LogP contribution in [0.5, 0.6) is 0 Å². The van der Waals surface area contributed by atoms with E-state index in [9.17, 15) is 4.39 Å². The number of aromatic nitrogens is 1. The van der Waals surface area contributed by atoms with Crippen LogP contribution in [0.2, 0.25) is 0 Å². The van der Waals surface area contributed by atoms with Crippen LogP contribution < -0.4 is 10.2 Å². The van der Waals surface area contributed by atoms with Crippen LogP contribution in [0.3, 0.4) is 0 Å². The van der Waals surface area contributed by atoms with Gasteiger partial charge in [-0.15, -0.1) is 0 Å². The van der Waals surface area contributed by atoms with Gasteiger partial charge in [0.2, 0.25) is 0 Å². The van der Waals surface area contributed by atoms with Gasteiger partial charge in [-0.2, -0.15) is 0 Å². The smallest absolute Gasteiger partial charge is 0.153 e. The first-order valence-corrected chi connectivity index (χ1v) is 9.47. The fourth-order valence-electron chi connectivity index (χ4n) is 3.72. The number of halogens is 1. The maximum atomic E-state index is 13.6. The number of hydrogen-bond donors (Lipinski definition) is 1. The molecule has 0 bridgehead atoms. The molecule has 1 fully saturated rings. The van der Waals surface area contributed by atoms with Gasteiger partial charge in [0, 0.05) is 49.2 Å². The summed E-state index contributed by atoms with van der Waals surface area (Å²) < 4.78 is 19.3. The Morgan fingerprint density at radius 1 is 0.929 bits per heavy atom. The first kappa shape index (κ1) is 17.0. The molecule has 0 amide bonds. The van der Waals surface area contributed by atoms with E-state index in [0.29, 0.717) is 5.58 Å². The highest BCUT2D eigenvalue weighted by molar-refractivity contribution is 5.92. The third kappa shape index (κ3) is 3.14. The molecule has 5 rings (SSSR count). The summed E-state index contributed by atoms with van der Waals surface area (Å²) in [7, 11) is 0. The zero-order valence-corrected chi connectivity index (χ0v) is 15.4. The number of nitrogens with zero attached hydrogens (tertiary/aromatic N) is 2. The molecule has 4 nitrogen and oxygen atoms in total. The molecule has 2 aromatic heterocycles. The summed E-state index contributed by atoms with van der Waals surface area (Å²) in [6, 6.07) is 17.0. The van der Waals surface area contributed by atoms with Gasteiger partial charge in [-0.3, -0.25) is 4.98 Å². The second-order valence-electron chi connectivity index (χ2n) is 7.01. The molecule has 0 unspecified atom stereocenters. The second-order valence-corrected chi connectivity index (χ2v) is 7.01. The quantitative estimate of drug-likeness (QED) is 0.565. The average molecular weight is 373 g/mol. The van der Waals surface area contributed by atoms with Gasteiger partial charge in [-0.25, -0.2) is 4.39 Å². The Kier molecular flexibility index (Phi) is 4.29. The minimum Gasteiger partial charge on any atom is -0.462 e. The van der Waals surface area contributed by atoms with Crippen LogP contribution in [0.4, 0.5) is 10.1 Å². The lowest BCUT2D eigenvalue weighted by molar-refractivity contribution is 0.589. The van der Waals surface area contributed by atoms with E-state index in [4.69, 9.17) is 4.42 Å². The van der Waals surface area contributed by atoms with Crippen molar-refractivity contribution in [2.45, 2.75) is 0 Å². The van der Waals surface area contributed by atoms with E-state index in [0.717, 1.165) is 53.9 Å². The van der Waals surface area contributed by atoms with E-state index >= 15 is 0 Å². The molecule has 5 heteroatoms. The molecule has 4 aromatic rings. The summed E-state index contributed by atoms with van der Waals surface area (Å²) in [4.78, 5) is 6.99. The van der Waals surface area contributed by atoms with Crippen molar-refractivity contribution >= 4 is 16.8 Å². The first-order valence-electron chi connectivity index (χ1n) is 9.47. The minimum absolute atomic E-state index is 0.270. The Hall–Kier alpha value is -3.18. The number of piperazine rings is 1. The SMILES string of the molecule is Fc1cccc(-c2coc3cc(-c4ccc(N5CCNCC5)cc4)cnc23)c1. The zero-order valence-electron chi connectivity index (χ0n) is 15.4. The lowest BCUT2D eigenvalue weighted by atomic mass is 10.0. The molecular weight excluding hydrogens is 353 g/mol. The van der Waals surface area contributed by atoms with Gasteiger partial charge in [0.15, 0.2) is 5.58 Å². The van der Waals surface area contributed by atoms with Crippen molar-refractivity contribution in [1.82, 2.24) is 10.3 Å². The Morgan fingerprint density at radius 3 is 2.54 bits per heavy atom. The molecule has 1 N–H and O–H groups in total. The van der Waals surface area contributed by atoms with Gasteiger partial charge in [0.25, 0.3) is 0 Å². The normalized spacial score (nSPS) is 14.5. The highest BCUT2D eigenvalue weighted by atomic mass is 19.1. The fourth-order valence-corrected chi connectivity index (χ4v) is 3.72. The van der Waals surface area contributed by atoms with Gasteiger partial charge in [0.05, 0.1) is 0 Å². The maximum absolute atomic E-state index is 13.6. The van der Waals surface area contributed by atoms with Crippen LogP contribution in [-0.4, -0.2) is 31.2 Å². The predicted molar refractivity (Wildman–Crippen MR) is 110 cm³/mol. The van der Waals surface area contributed by atoms with Crippen LogP contribution in [-0.2, 0) is 0 Å². The molecule has 2 aromatic carbocycles. The molecule has 28 heavy (non-hydrogen) atoms. The van der Waals surface area contributed by atoms with Crippen molar-refractivity contribution in [2.24, 2.45) is 0 Å². The number of anilines is 1. The van der Waals surface area contributed by atoms with Gasteiger partial charge < -0.3 is 14.6 Å². The fraction of sp³-hybridized carbons (Fsp3) is 0.174. The summed E-state index contributed by atoms with van der Waals surface area (Å²) >= 11 is 0. The number of furan rings is 1. The summed E-state index contributed by atoms with van der Waals surface area (Å²) in [5, 5.41) is 3.37. The van der Waals surface area contributed by atoms with Gasteiger partial charge >= 0.3 is 0 Å². The van der Waals surface area contributed by atoms with E-state index in [1.807, 2.05) is 18.3 Å². The zero-order chi connectivity index (χ0) is 18.9. The monoisotopic (exact) mass is 373 g/mol. The lowest BCUT2D eigenvalue weighted by Gasteiger charge is -2.29. The van der Waals surface area contributed by atoms with E-state index in [2.05, 4.69) is 39.5 Å². The molecule has 1 aliphatic rings.